The number of anilines is 1. The van der Waals surface area contributed by atoms with Crippen LogP contribution in [0.5, 0.6) is 0 Å². The highest BCUT2D eigenvalue weighted by molar-refractivity contribution is 5.77. The van der Waals surface area contributed by atoms with E-state index in [9.17, 15) is 0 Å². The molecule has 1 heterocycles. The first-order valence-corrected chi connectivity index (χ1v) is 7.47. The van der Waals surface area contributed by atoms with Crippen molar-refractivity contribution in [1.29, 1.82) is 0 Å². The number of nitrogen functional groups attached to an aromatic ring is 1. The predicted octanol–water partition coefficient (Wildman–Crippen LogP) is 3.93. The lowest BCUT2D eigenvalue weighted by Gasteiger charge is -2.08. The summed E-state index contributed by atoms with van der Waals surface area (Å²) in [7, 11) is 0. The quantitative estimate of drug-likeness (QED) is 0.735. The van der Waals surface area contributed by atoms with Gasteiger partial charge in [0.1, 0.15) is 5.82 Å². The molecule has 0 spiro atoms. The Labute approximate surface area is 125 Å². The van der Waals surface area contributed by atoms with Crippen molar-refractivity contribution in [1.82, 2.24) is 9.55 Å². The van der Waals surface area contributed by atoms with Crippen LogP contribution in [-0.4, -0.2) is 9.55 Å². The van der Waals surface area contributed by atoms with E-state index in [0.717, 1.165) is 36.4 Å². The first-order valence-electron chi connectivity index (χ1n) is 7.47. The van der Waals surface area contributed by atoms with Gasteiger partial charge in [0, 0.05) is 18.7 Å². The molecule has 0 aliphatic carbocycles. The molecule has 0 bridgehead atoms. The molecule has 0 amide bonds. The molecule has 0 unspecified atom stereocenters. The van der Waals surface area contributed by atoms with E-state index >= 15 is 0 Å². The van der Waals surface area contributed by atoms with E-state index < -0.39 is 0 Å². The van der Waals surface area contributed by atoms with Gasteiger partial charge >= 0.3 is 0 Å². The molecule has 3 heteroatoms. The molecule has 0 fully saturated rings. The van der Waals surface area contributed by atoms with Gasteiger partial charge < -0.3 is 10.3 Å². The second-order valence-corrected chi connectivity index (χ2v) is 5.59. The van der Waals surface area contributed by atoms with Crippen LogP contribution >= 0.6 is 0 Å². The minimum Gasteiger partial charge on any atom is -0.399 e. The smallest absolute Gasteiger partial charge is 0.114 e. The number of fused-ring (bicyclic) bond motifs is 1. The van der Waals surface area contributed by atoms with E-state index in [0.29, 0.717) is 0 Å². The van der Waals surface area contributed by atoms with E-state index in [1.807, 2.05) is 12.1 Å². The third-order valence-corrected chi connectivity index (χ3v) is 3.77. The first-order chi connectivity index (χ1) is 10.2. The number of hydrogen-bond donors (Lipinski definition) is 1. The highest BCUT2D eigenvalue weighted by Crippen LogP contribution is 2.21. The van der Waals surface area contributed by atoms with Crippen molar-refractivity contribution in [2.24, 2.45) is 0 Å². The summed E-state index contributed by atoms with van der Waals surface area (Å²) in [4.78, 5) is 4.84. The van der Waals surface area contributed by atoms with Crippen molar-refractivity contribution in [2.45, 2.75) is 33.2 Å². The van der Waals surface area contributed by atoms with Crippen LogP contribution in [0, 0.1) is 6.92 Å². The van der Waals surface area contributed by atoms with Gasteiger partial charge in [-0.05, 0) is 48.7 Å². The fourth-order valence-electron chi connectivity index (χ4n) is 2.72. The molecule has 0 atom stereocenters. The third-order valence-electron chi connectivity index (χ3n) is 3.77. The minimum absolute atomic E-state index is 0.802. The van der Waals surface area contributed by atoms with Crippen molar-refractivity contribution in [3.63, 3.8) is 0 Å². The fourth-order valence-corrected chi connectivity index (χ4v) is 2.72. The normalized spacial score (nSPS) is 11.1. The summed E-state index contributed by atoms with van der Waals surface area (Å²) in [5.41, 5.74) is 11.4. The van der Waals surface area contributed by atoms with Crippen LogP contribution in [0.3, 0.4) is 0 Å². The molecule has 0 aliphatic rings. The molecule has 0 saturated carbocycles. The molecule has 3 nitrogen and oxygen atoms in total. The molecule has 2 N–H and O–H groups in total. The molecule has 1 aromatic heterocycles. The van der Waals surface area contributed by atoms with Crippen LogP contribution in [0.1, 0.15) is 30.3 Å². The molecule has 0 radical (unpaired) electrons. The molecular weight excluding hydrogens is 258 g/mol. The molecular formula is C18H21N3. The Kier molecular flexibility index (Phi) is 3.65. The van der Waals surface area contributed by atoms with E-state index in [1.54, 1.807) is 0 Å². The standard InChI is InChI=1S/C18H21N3/c1-3-10-21-17-9-4-13(2)11-16(17)20-18(21)12-14-5-7-15(19)8-6-14/h4-9,11H,3,10,12,19H2,1-2H3. The summed E-state index contributed by atoms with van der Waals surface area (Å²) in [6, 6.07) is 14.6. The topological polar surface area (TPSA) is 43.8 Å². The van der Waals surface area contributed by atoms with Crippen molar-refractivity contribution in [3.8, 4) is 0 Å². The number of rotatable bonds is 4. The Bertz CT molecular complexity index is 754. The molecule has 108 valence electrons. The largest absolute Gasteiger partial charge is 0.399 e. The number of imidazole rings is 1. The average Bonchev–Trinajstić information content (AvgIpc) is 2.79. The molecule has 2 aromatic carbocycles. The number of aromatic nitrogens is 2. The highest BCUT2D eigenvalue weighted by atomic mass is 15.1. The van der Waals surface area contributed by atoms with Gasteiger partial charge in [0.15, 0.2) is 0 Å². The Balaban J connectivity index is 2.03. The summed E-state index contributed by atoms with van der Waals surface area (Å²) in [6.07, 6.45) is 1.95. The molecule has 3 aromatic rings. The minimum atomic E-state index is 0.802. The second-order valence-electron chi connectivity index (χ2n) is 5.59. The highest BCUT2D eigenvalue weighted by Gasteiger charge is 2.10. The maximum absolute atomic E-state index is 5.75. The van der Waals surface area contributed by atoms with Gasteiger partial charge in [-0.15, -0.1) is 0 Å². The monoisotopic (exact) mass is 279 g/mol. The molecule has 3 rings (SSSR count). The number of aryl methyl sites for hydroxylation is 2. The summed E-state index contributed by atoms with van der Waals surface area (Å²) < 4.78 is 2.34. The second kappa shape index (κ2) is 5.60. The number of benzene rings is 2. The molecule has 0 aliphatic heterocycles. The van der Waals surface area contributed by atoms with E-state index in [-0.39, 0.29) is 0 Å². The van der Waals surface area contributed by atoms with Crippen LogP contribution in [0.4, 0.5) is 5.69 Å². The van der Waals surface area contributed by atoms with Gasteiger partial charge in [-0.3, -0.25) is 0 Å². The van der Waals surface area contributed by atoms with Gasteiger partial charge in [0.2, 0.25) is 0 Å². The summed E-state index contributed by atoms with van der Waals surface area (Å²) in [6.45, 7) is 5.31. The van der Waals surface area contributed by atoms with Gasteiger partial charge in [0.25, 0.3) is 0 Å². The predicted molar refractivity (Wildman–Crippen MR) is 88.4 cm³/mol. The third kappa shape index (κ3) is 2.77. The number of nitrogens with two attached hydrogens (primary N) is 1. The maximum atomic E-state index is 5.75. The zero-order chi connectivity index (χ0) is 14.8. The summed E-state index contributed by atoms with van der Waals surface area (Å²) in [5, 5.41) is 0. The lowest BCUT2D eigenvalue weighted by molar-refractivity contribution is 0.664. The Morgan fingerprint density at radius 3 is 2.57 bits per heavy atom. The van der Waals surface area contributed by atoms with Crippen LogP contribution in [0.15, 0.2) is 42.5 Å². The summed E-state index contributed by atoms with van der Waals surface area (Å²) >= 11 is 0. The Morgan fingerprint density at radius 1 is 1.10 bits per heavy atom. The zero-order valence-corrected chi connectivity index (χ0v) is 12.6. The van der Waals surface area contributed by atoms with E-state index in [1.165, 1.54) is 16.6 Å². The number of hydrogen-bond acceptors (Lipinski definition) is 2. The first kappa shape index (κ1) is 13.7. The van der Waals surface area contributed by atoms with Crippen molar-refractivity contribution in [3.05, 3.63) is 59.4 Å². The van der Waals surface area contributed by atoms with Crippen LogP contribution in [0.2, 0.25) is 0 Å². The van der Waals surface area contributed by atoms with Gasteiger partial charge in [-0.25, -0.2) is 4.98 Å². The molecule has 21 heavy (non-hydrogen) atoms. The van der Waals surface area contributed by atoms with Crippen molar-refractivity contribution >= 4 is 16.7 Å². The van der Waals surface area contributed by atoms with Gasteiger partial charge in [-0.2, -0.15) is 0 Å². The lowest BCUT2D eigenvalue weighted by atomic mass is 10.1. The Morgan fingerprint density at radius 2 is 1.86 bits per heavy atom. The van der Waals surface area contributed by atoms with Gasteiger partial charge in [0.05, 0.1) is 11.0 Å². The fraction of sp³-hybridized carbons (Fsp3) is 0.278. The van der Waals surface area contributed by atoms with Crippen LogP contribution in [-0.2, 0) is 13.0 Å². The SMILES string of the molecule is CCCn1c(Cc2ccc(N)cc2)nc2cc(C)ccc21. The summed E-state index contributed by atoms with van der Waals surface area (Å²) in [5.74, 6) is 1.13. The van der Waals surface area contributed by atoms with Crippen molar-refractivity contribution < 1.29 is 0 Å². The van der Waals surface area contributed by atoms with E-state index in [4.69, 9.17) is 10.7 Å². The number of nitrogens with zero attached hydrogens (tertiary/aromatic N) is 2. The lowest BCUT2D eigenvalue weighted by Crippen LogP contribution is -2.04. The van der Waals surface area contributed by atoms with Crippen molar-refractivity contribution in [2.75, 3.05) is 5.73 Å². The zero-order valence-electron chi connectivity index (χ0n) is 12.6. The van der Waals surface area contributed by atoms with Crippen LogP contribution in [0.25, 0.3) is 11.0 Å². The van der Waals surface area contributed by atoms with E-state index in [2.05, 4.69) is 48.7 Å². The molecule has 0 saturated heterocycles. The van der Waals surface area contributed by atoms with Gasteiger partial charge in [-0.1, -0.05) is 25.1 Å². The maximum Gasteiger partial charge on any atom is 0.114 e. The van der Waals surface area contributed by atoms with Crippen LogP contribution < -0.4 is 5.73 Å². The average molecular weight is 279 g/mol. The Hall–Kier alpha value is -2.29.